The smallest absolute Gasteiger partial charge is 0.271 e. The van der Waals surface area contributed by atoms with Crippen molar-refractivity contribution in [3.63, 3.8) is 0 Å². The summed E-state index contributed by atoms with van der Waals surface area (Å²) in [5.41, 5.74) is 4.70. The van der Waals surface area contributed by atoms with Crippen LogP contribution >= 0.6 is 68.4 Å². The zero-order valence-corrected chi connectivity index (χ0v) is 22.0. The van der Waals surface area contributed by atoms with Gasteiger partial charge >= 0.3 is 0 Å². The minimum atomic E-state index is -0.303. The first-order chi connectivity index (χ1) is 14.9. The summed E-state index contributed by atoms with van der Waals surface area (Å²) in [5.74, 6) is 1.14. The van der Waals surface area contributed by atoms with Crippen LogP contribution in [0.15, 0.2) is 59.7 Å². The van der Waals surface area contributed by atoms with Crippen LogP contribution in [0.4, 0.5) is 0 Å². The minimum Gasteiger partial charge on any atom is -0.497 e. The van der Waals surface area contributed by atoms with E-state index in [0.29, 0.717) is 28.0 Å². The van der Waals surface area contributed by atoms with E-state index in [1.54, 1.807) is 49.7 Å². The fourth-order valence-corrected chi connectivity index (χ4v) is 5.14. The molecule has 1 N–H and O–H groups in total. The fourth-order valence-electron chi connectivity index (χ4n) is 2.55. The molecule has 0 aliphatic heterocycles. The summed E-state index contributed by atoms with van der Waals surface area (Å²) < 4.78 is 12.9. The lowest BCUT2D eigenvalue weighted by molar-refractivity contribution is 0.0955. The quantitative estimate of drug-likeness (QED) is 0.175. The molecule has 0 saturated heterocycles. The van der Waals surface area contributed by atoms with Gasteiger partial charge in [0, 0.05) is 21.2 Å². The van der Waals surface area contributed by atoms with Gasteiger partial charge in [-0.1, -0.05) is 29.3 Å². The fraction of sp³-hybridized carbons (Fsp3) is 0.0909. The van der Waals surface area contributed by atoms with Crippen molar-refractivity contribution < 1.29 is 14.3 Å². The number of carbonyl (C=O) groups excluding carboxylic acids is 1. The second kappa shape index (κ2) is 11.3. The number of ether oxygens (including phenoxy) is 2. The molecule has 1 amide bonds. The maximum Gasteiger partial charge on any atom is 0.271 e. The Balaban J connectivity index is 1.64. The van der Waals surface area contributed by atoms with Crippen molar-refractivity contribution in [2.75, 3.05) is 7.11 Å². The number of rotatable bonds is 7. The van der Waals surface area contributed by atoms with Crippen LogP contribution in [0.25, 0.3) is 0 Å². The molecule has 0 aromatic heterocycles. The molecule has 0 spiro atoms. The molecule has 0 fully saturated rings. The van der Waals surface area contributed by atoms with Crippen molar-refractivity contribution in [1.82, 2.24) is 5.43 Å². The Morgan fingerprint density at radius 1 is 1.06 bits per heavy atom. The van der Waals surface area contributed by atoms with Crippen molar-refractivity contribution in [3.05, 3.63) is 88.5 Å². The van der Waals surface area contributed by atoms with E-state index >= 15 is 0 Å². The molecule has 9 heteroatoms. The van der Waals surface area contributed by atoms with E-state index < -0.39 is 0 Å². The predicted molar refractivity (Wildman–Crippen MR) is 141 cm³/mol. The maximum atomic E-state index is 12.2. The first-order valence-electron chi connectivity index (χ1n) is 8.90. The number of nitrogens with one attached hydrogen (secondary N) is 1. The van der Waals surface area contributed by atoms with Gasteiger partial charge in [-0.05, 0) is 99.3 Å². The van der Waals surface area contributed by atoms with Crippen LogP contribution < -0.4 is 14.9 Å². The zero-order chi connectivity index (χ0) is 22.4. The largest absolute Gasteiger partial charge is 0.497 e. The number of hydrogen-bond acceptors (Lipinski definition) is 4. The van der Waals surface area contributed by atoms with Crippen LogP contribution in [0.2, 0.25) is 10.0 Å². The lowest BCUT2D eigenvalue weighted by Gasteiger charge is -2.12. The third-order valence-electron chi connectivity index (χ3n) is 4.14. The molecule has 0 aliphatic carbocycles. The van der Waals surface area contributed by atoms with Gasteiger partial charge in [-0.3, -0.25) is 4.79 Å². The van der Waals surface area contributed by atoms with E-state index in [9.17, 15) is 4.79 Å². The summed E-state index contributed by atoms with van der Waals surface area (Å²) in [7, 11) is 1.57. The third-order valence-corrected chi connectivity index (χ3v) is 6.33. The van der Waals surface area contributed by atoms with Gasteiger partial charge in [-0.2, -0.15) is 5.10 Å². The van der Waals surface area contributed by atoms with Gasteiger partial charge in [-0.15, -0.1) is 0 Å². The van der Waals surface area contributed by atoms with Crippen molar-refractivity contribution >= 4 is 80.5 Å². The van der Waals surface area contributed by atoms with Crippen molar-refractivity contribution in [2.45, 2.75) is 6.61 Å². The first-order valence-corrected chi connectivity index (χ1v) is 11.8. The van der Waals surface area contributed by atoms with Crippen LogP contribution in [0.3, 0.4) is 0 Å². The van der Waals surface area contributed by atoms with Crippen molar-refractivity contribution in [1.29, 1.82) is 0 Å². The summed E-state index contributed by atoms with van der Waals surface area (Å²) >= 11 is 16.6. The standard InChI is InChI=1S/C22H16Cl2I2N2O3/c1-30-17-6-3-14(4-7-17)22(29)28-27-11-13-8-19(25)21(20(26)9-13)31-12-15-2-5-16(23)10-18(15)24/h2-11H,12H2,1H3,(H,28,29)/b27-11-. The molecule has 3 aromatic rings. The van der Waals surface area contributed by atoms with E-state index in [1.807, 2.05) is 18.2 Å². The van der Waals surface area contributed by atoms with Gasteiger partial charge in [0.2, 0.25) is 0 Å². The van der Waals surface area contributed by atoms with Crippen LogP contribution in [0.1, 0.15) is 21.5 Å². The minimum absolute atomic E-state index is 0.303. The topological polar surface area (TPSA) is 59.9 Å². The first kappa shape index (κ1) is 24.1. The van der Waals surface area contributed by atoms with Crippen molar-refractivity contribution in [3.8, 4) is 11.5 Å². The third kappa shape index (κ3) is 6.71. The number of benzene rings is 3. The Labute approximate surface area is 217 Å². The highest BCUT2D eigenvalue weighted by Crippen LogP contribution is 2.30. The summed E-state index contributed by atoms with van der Waals surface area (Å²) in [4.78, 5) is 12.2. The number of hydrogen-bond donors (Lipinski definition) is 1. The average Bonchev–Trinajstić information content (AvgIpc) is 2.74. The molecule has 3 rings (SSSR count). The van der Waals surface area contributed by atoms with Gasteiger partial charge in [-0.25, -0.2) is 5.43 Å². The highest BCUT2D eigenvalue weighted by molar-refractivity contribution is 14.1. The summed E-state index contributed by atoms with van der Waals surface area (Å²) in [5, 5.41) is 5.20. The maximum absolute atomic E-state index is 12.2. The predicted octanol–water partition coefficient (Wildman–Crippen LogP) is 6.55. The second-order valence-electron chi connectivity index (χ2n) is 6.27. The Hall–Kier alpha value is -1.56. The second-order valence-corrected chi connectivity index (χ2v) is 9.43. The monoisotopic (exact) mass is 680 g/mol. The normalized spacial score (nSPS) is 10.9. The van der Waals surface area contributed by atoms with E-state index in [-0.39, 0.29) is 5.91 Å². The molecular weight excluding hydrogens is 665 g/mol. The molecular formula is C22H16Cl2I2N2O3. The average molecular weight is 681 g/mol. The summed E-state index contributed by atoms with van der Waals surface area (Å²) in [6.45, 7) is 0.327. The van der Waals surface area contributed by atoms with E-state index in [1.165, 1.54) is 0 Å². The van der Waals surface area contributed by atoms with E-state index in [2.05, 4.69) is 55.7 Å². The number of nitrogens with zero attached hydrogens (tertiary/aromatic N) is 1. The lowest BCUT2D eigenvalue weighted by Crippen LogP contribution is -2.17. The van der Waals surface area contributed by atoms with Crippen LogP contribution in [-0.2, 0) is 6.61 Å². The zero-order valence-electron chi connectivity index (χ0n) is 16.2. The Kier molecular flexibility index (Phi) is 8.82. The molecule has 160 valence electrons. The van der Waals surface area contributed by atoms with E-state index in [0.717, 1.165) is 24.0 Å². The number of hydrazone groups is 1. The highest BCUT2D eigenvalue weighted by Gasteiger charge is 2.11. The van der Waals surface area contributed by atoms with Crippen LogP contribution in [0, 0.1) is 7.14 Å². The molecule has 31 heavy (non-hydrogen) atoms. The Morgan fingerprint density at radius 2 is 1.74 bits per heavy atom. The summed E-state index contributed by atoms with van der Waals surface area (Å²) in [6.07, 6.45) is 1.59. The van der Waals surface area contributed by atoms with Gasteiger partial charge < -0.3 is 9.47 Å². The van der Waals surface area contributed by atoms with Crippen LogP contribution in [0.5, 0.6) is 11.5 Å². The van der Waals surface area contributed by atoms with E-state index in [4.69, 9.17) is 32.7 Å². The molecule has 0 saturated carbocycles. The highest BCUT2D eigenvalue weighted by atomic mass is 127. The van der Waals surface area contributed by atoms with Crippen molar-refractivity contribution in [2.24, 2.45) is 5.10 Å². The van der Waals surface area contributed by atoms with Gasteiger partial charge in [0.15, 0.2) is 0 Å². The molecule has 0 atom stereocenters. The molecule has 0 bridgehead atoms. The Bertz CT molecular complexity index is 1100. The summed E-state index contributed by atoms with van der Waals surface area (Å²) in [6, 6.07) is 16.0. The number of halogens is 4. The lowest BCUT2D eigenvalue weighted by atomic mass is 10.2. The number of methoxy groups -OCH3 is 1. The van der Waals surface area contributed by atoms with Gasteiger partial charge in [0.05, 0.1) is 20.5 Å². The molecule has 0 heterocycles. The molecule has 0 aliphatic rings. The molecule has 5 nitrogen and oxygen atoms in total. The van der Waals surface area contributed by atoms with Gasteiger partial charge in [0.1, 0.15) is 18.1 Å². The molecule has 0 radical (unpaired) electrons. The molecule has 0 unspecified atom stereocenters. The van der Waals surface area contributed by atoms with Gasteiger partial charge in [0.25, 0.3) is 5.91 Å². The van der Waals surface area contributed by atoms with Crippen LogP contribution in [-0.4, -0.2) is 19.2 Å². The Morgan fingerprint density at radius 3 is 2.35 bits per heavy atom. The number of amides is 1. The number of carbonyl (C=O) groups is 1. The SMILES string of the molecule is COc1ccc(C(=O)N/N=C\c2cc(I)c(OCc3ccc(Cl)cc3Cl)c(I)c2)cc1. The molecule has 3 aromatic carbocycles.